The number of benzene rings is 1. The van der Waals surface area contributed by atoms with E-state index in [0.29, 0.717) is 6.04 Å². The Hall–Kier alpha value is -4.37. The van der Waals surface area contributed by atoms with E-state index in [-0.39, 0.29) is 11.9 Å². The molecule has 1 aromatic carbocycles. The average Bonchev–Trinajstić information content (AvgIpc) is 3.77. The number of fused-ring (bicyclic) bond motifs is 1. The molecule has 0 spiro atoms. The first-order valence-corrected chi connectivity index (χ1v) is 13.9. The normalized spacial score (nSPS) is 19.1. The number of nitrogens with zero attached hydrogens (tertiary/aromatic N) is 7. The Bertz CT molecular complexity index is 1670. The molecule has 40 heavy (non-hydrogen) atoms. The van der Waals surface area contributed by atoms with Gasteiger partial charge in [-0.25, -0.2) is 23.9 Å². The van der Waals surface area contributed by atoms with Gasteiger partial charge in [-0.2, -0.15) is 0 Å². The molecule has 2 aliphatic rings. The molecule has 5 aromatic rings. The van der Waals surface area contributed by atoms with Crippen LogP contribution in [0.15, 0.2) is 79.1 Å². The van der Waals surface area contributed by atoms with Gasteiger partial charge in [0.2, 0.25) is 0 Å². The van der Waals surface area contributed by atoms with Gasteiger partial charge in [-0.3, -0.25) is 0 Å². The molecule has 8 nitrogen and oxygen atoms in total. The van der Waals surface area contributed by atoms with Crippen LogP contribution >= 0.6 is 0 Å². The molecule has 0 aliphatic carbocycles. The first-order chi connectivity index (χ1) is 19.7. The second kappa shape index (κ2) is 10.3. The van der Waals surface area contributed by atoms with Crippen LogP contribution in [-0.2, 0) is 0 Å². The molecule has 4 aromatic heterocycles. The number of imidazole rings is 1. The molecule has 0 bridgehead atoms. The van der Waals surface area contributed by atoms with Crippen molar-refractivity contribution in [2.75, 3.05) is 36.5 Å². The van der Waals surface area contributed by atoms with Crippen LogP contribution in [0.25, 0.3) is 28.3 Å². The summed E-state index contributed by atoms with van der Waals surface area (Å²) in [6.07, 6.45) is 6.79. The first-order valence-electron chi connectivity index (χ1n) is 13.9. The minimum absolute atomic E-state index is 0.0916. The maximum atomic E-state index is 14.0. The summed E-state index contributed by atoms with van der Waals surface area (Å²) in [5.74, 6) is 1.61. The fraction of sp³-hybridized carbons (Fsp3) is 0.290. The number of likely N-dealkylation sites (N-methyl/N-ethyl adjacent to an activating group) is 1. The zero-order valence-electron chi connectivity index (χ0n) is 22.4. The highest BCUT2D eigenvalue weighted by Gasteiger charge is 2.28. The predicted octanol–water partition coefficient (Wildman–Crippen LogP) is 5.13. The third-order valence-corrected chi connectivity index (χ3v) is 8.10. The molecular formula is C31H31FN8. The molecule has 0 unspecified atom stereocenters. The molecule has 202 valence electrons. The lowest BCUT2D eigenvalue weighted by atomic mass is 10.0. The lowest BCUT2D eigenvalue weighted by molar-refractivity contribution is 0.616. The fourth-order valence-electron chi connectivity index (χ4n) is 5.99. The van der Waals surface area contributed by atoms with Gasteiger partial charge in [0.15, 0.2) is 5.65 Å². The Morgan fingerprint density at radius 2 is 1.80 bits per heavy atom. The molecule has 0 radical (unpaired) electrons. The average molecular weight is 535 g/mol. The number of pyridine rings is 2. The third-order valence-electron chi connectivity index (χ3n) is 8.10. The van der Waals surface area contributed by atoms with Crippen LogP contribution in [0.5, 0.6) is 0 Å². The monoisotopic (exact) mass is 534 g/mol. The number of hydrogen-bond donors (Lipinski definition) is 1. The lowest BCUT2D eigenvalue weighted by Gasteiger charge is -2.26. The zero-order chi connectivity index (χ0) is 27.1. The predicted molar refractivity (Wildman–Crippen MR) is 155 cm³/mol. The maximum Gasteiger partial charge on any atom is 0.154 e. The second-order valence-electron chi connectivity index (χ2n) is 10.5. The molecule has 9 heteroatoms. The summed E-state index contributed by atoms with van der Waals surface area (Å²) in [6.45, 7) is 2.81. The van der Waals surface area contributed by atoms with Crippen molar-refractivity contribution in [1.29, 1.82) is 0 Å². The standard InChI is InChI=1S/C31H31FN8/c1-33-24-13-16-38(20-24)31-18-21(12-14-34-31)25-7-3-8-26(36-25)28-19-35-29-10-11-30(37-40(28)29)39-15-4-9-27(39)22-5-2-6-23(32)17-22/h2-3,5-8,10-12,14,17-19,24,27,33H,4,9,13,15-16,20H2,1H3/t24-,27+/m0/s1. The van der Waals surface area contributed by atoms with E-state index in [1.165, 1.54) is 6.07 Å². The van der Waals surface area contributed by atoms with E-state index in [2.05, 4.69) is 31.2 Å². The summed E-state index contributed by atoms with van der Waals surface area (Å²) in [4.78, 5) is 18.8. The number of hydrogen-bond acceptors (Lipinski definition) is 7. The highest BCUT2D eigenvalue weighted by atomic mass is 19.1. The van der Waals surface area contributed by atoms with Crippen molar-refractivity contribution in [1.82, 2.24) is 29.9 Å². The highest BCUT2D eigenvalue weighted by molar-refractivity contribution is 5.68. The van der Waals surface area contributed by atoms with Crippen LogP contribution in [-0.4, -0.2) is 57.3 Å². The van der Waals surface area contributed by atoms with Crippen LogP contribution in [0, 0.1) is 5.82 Å². The minimum Gasteiger partial charge on any atom is -0.355 e. The number of anilines is 2. The first kappa shape index (κ1) is 24.7. The lowest BCUT2D eigenvalue weighted by Crippen LogP contribution is -2.29. The van der Waals surface area contributed by atoms with Gasteiger partial charge in [0, 0.05) is 37.4 Å². The van der Waals surface area contributed by atoms with Crippen molar-refractivity contribution >= 4 is 17.3 Å². The Balaban J connectivity index is 1.20. The summed E-state index contributed by atoms with van der Waals surface area (Å²) in [6, 6.07) is 21.6. The van der Waals surface area contributed by atoms with Crippen LogP contribution < -0.4 is 15.1 Å². The van der Waals surface area contributed by atoms with Crippen molar-refractivity contribution in [2.45, 2.75) is 31.3 Å². The van der Waals surface area contributed by atoms with Gasteiger partial charge in [0.1, 0.15) is 23.1 Å². The van der Waals surface area contributed by atoms with Crippen molar-refractivity contribution in [3.63, 3.8) is 0 Å². The van der Waals surface area contributed by atoms with E-state index in [1.807, 2.05) is 66.4 Å². The van der Waals surface area contributed by atoms with Gasteiger partial charge < -0.3 is 15.1 Å². The summed E-state index contributed by atoms with van der Waals surface area (Å²) < 4.78 is 15.8. The Morgan fingerprint density at radius 3 is 2.67 bits per heavy atom. The van der Waals surface area contributed by atoms with E-state index in [1.54, 1.807) is 12.1 Å². The molecule has 6 heterocycles. The third kappa shape index (κ3) is 4.56. The minimum atomic E-state index is -0.209. The van der Waals surface area contributed by atoms with Crippen molar-refractivity contribution < 1.29 is 4.39 Å². The number of aromatic nitrogens is 5. The highest BCUT2D eigenvalue weighted by Crippen LogP contribution is 2.36. The summed E-state index contributed by atoms with van der Waals surface area (Å²) in [5, 5.41) is 8.37. The van der Waals surface area contributed by atoms with E-state index >= 15 is 0 Å². The molecular weight excluding hydrogens is 503 g/mol. The fourth-order valence-corrected chi connectivity index (χ4v) is 5.99. The van der Waals surface area contributed by atoms with Gasteiger partial charge in [0.25, 0.3) is 0 Å². The summed E-state index contributed by atoms with van der Waals surface area (Å²) in [7, 11) is 2.01. The molecule has 2 fully saturated rings. The molecule has 1 N–H and O–H groups in total. The van der Waals surface area contributed by atoms with Crippen LogP contribution in [0.4, 0.5) is 16.0 Å². The zero-order valence-corrected chi connectivity index (χ0v) is 22.4. The number of halogens is 1. The van der Waals surface area contributed by atoms with Crippen LogP contribution in [0.3, 0.4) is 0 Å². The topological polar surface area (TPSA) is 74.5 Å². The van der Waals surface area contributed by atoms with E-state index in [4.69, 9.17) is 10.1 Å². The van der Waals surface area contributed by atoms with E-state index in [0.717, 1.165) is 84.4 Å². The Morgan fingerprint density at radius 1 is 0.900 bits per heavy atom. The van der Waals surface area contributed by atoms with Gasteiger partial charge in [-0.05, 0) is 80.4 Å². The molecule has 7 rings (SSSR count). The number of rotatable bonds is 6. The number of nitrogens with one attached hydrogen (secondary N) is 1. The van der Waals surface area contributed by atoms with Gasteiger partial charge in [-0.1, -0.05) is 18.2 Å². The van der Waals surface area contributed by atoms with E-state index < -0.39 is 0 Å². The Labute approximate surface area is 232 Å². The molecule has 0 saturated carbocycles. The maximum absolute atomic E-state index is 14.0. The summed E-state index contributed by atoms with van der Waals surface area (Å²) in [5.41, 5.74) is 5.26. The quantitative estimate of drug-likeness (QED) is 0.324. The molecule has 2 atom stereocenters. The molecule has 0 amide bonds. The Kier molecular flexibility index (Phi) is 6.36. The van der Waals surface area contributed by atoms with Gasteiger partial charge in [0.05, 0.1) is 23.6 Å². The van der Waals surface area contributed by atoms with E-state index in [9.17, 15) is 4.39 Å². The SMILES string of the molecule is CN[C@H]1CCN(c2cc(-c3cccc(-c4cnc5ccc(N6CCC[C@@H]6c6cccc(F)c6)nn45)n3)ccn2)C1. The van der Waals surface area contributed by atoms with Gasteiger partial charge >= 0.3 is 0 Å². The van der Waals surface area contributed by atoms with Crippen LogP contribution in [0.1, 0.15) is 30.9 Å². The largest absolute Gasteiger partial charge is 0.355 e. The molecule has 2 aliphatic heterocycles. The van der Waals surface area contributed by atoms with Crippen molar-refractivity contribution in [3.05, 3.63) is 90.5 Å². The van der Waals surface area contributed by atoms with Crippen molar-refractivity contribution in [3.8, 4) is 22.6 Å². The summed E-state index contributed by atoms with van der Waals surface area (Å²) >= 11 is 0. The van der Waals surface area contributed by atoms with Crippen molar-refractivity contribution in [2.24, 2.45) is 0 Å². The second-order valence-corrected chi connectivity index (χ2v) is 10.5. The smallest absolute Gasteiger partial charge is 0.154 e. The van der Waals surface area contributed by atoms with Gasteiger partial charge in [-0.15, -0.1) is 5.10 Å². The molecule has 2 saturated heterocycles. The van der Waals surface area contributed by atoms with Crippen LogP contribution in [0.2, 0.25) is 0 Å².